The van der Waals surface area contributed by atoms with Crippen LogP contribution in [0, 0.1) is 11.8 Å². The number of likely N-dealkylation sites (tertiary alicyclic amines) is 2. The predicted octanol–water partition coefficient (Wildman–Crippen LogP) is -4.44. The number of hydrogen-bond donors (Lipinski definition) is 6. The van der Waals surface area contributed by atoms with Gasteiger partial charge in [0.1, 0.15) is 0 Å². The lowest BCUT2D eigenvalue weighted by molar-refractivity contribution is -0.898. The molecule has 0 radical (unpaired) electrons. The van der Waals surface area contributed by atoms with E-state index < -0.39 is 34.3 Å². The molecule has 31 heavy (non-hydrogen) atoms. The van der Waals surface area contributed by atoms with E-state index in [2.05, 4.69) is 0 Å². The topological polar surface area (TPSA) is 238 Å². The Morgan fingerprint density at radius 2 is 0.903 bits per heavy atom. The van der Waals surface area contributed by atoms with Crippen LogP contribution in [0.15, 0.2) is 0 Å². The zero-order valence-electron chi connectivity index (χ0n) is 16.7. The Morgan fingerprint density at radius 3 is 1.06 bits per heavy atom. The van der Waals surface area contributed by atoms with Gasteiger partial charge >= 0.3 is 23.9 Å². The van der Waals surface area contributed by atoms with Gasteiger partial charge in [0.05, 0.1) is 38.0 Å². The summed E-state index contributed by atoms with van der Waals surface area (Å²) in [6.45, 7) is 2.83. The normalized spacial score (nSPS) is 25.6. The third-order valence-corrected chi connectivity index (χ3v) is 4.89. The van der Waals surface area contributed by atoms with Crippen LogP contribution in [0.4, 0.5) is 0 Å². The molecule has 0 atom stereocenters. The number of nitrogens with one attached hydrogen (secondary N) is 2. The molecule has 0 bridgehead atoms. The smallest absolute Gasteiger partial charge is 0.359 e. The Balaban J connectivity index is 0.000000479. The van der Waals surface area contributed by atoms with Gasteiger partial charge in [-0.1, -0.05) is 0 Å². The maximum absolute atomic E-state index is 10.6. The third kappa shape index (κ3) is 16.1. The van der Waals surface area contributed by atoms with Gasteiger partial charge < -0.3 is 39.3 Å². The van der Waals surface area contributed by atoms with Crippen molar-refractivity contribution in [2.45, 2.75) is 25.7 Å². The first kappa shape index (κ1) is 28.7. The second-order valence-corrected chi connectivity index (χ2v) is 8.09. The number of aliphatic carboxylic acids is 4. The molecule has 2 rings (SSSR count). The number of piperidine rings is 2. The molecule has 0 aromatic heterocycles. The fraction of sp³-hybridized carbons (Fsp3) is 0.750. The van der Waals surface area contributed by atoms with E-state index in [1.165, 1.54) is 0 Å². The number of carboxylic acids is 4. The fourth-order valence-electron chi connectivity index (χ4n) is 3.33. The van der Waals surface area contributed by atoms with Gasteiger partial charge in [0, 0.05) is 36.1 Å². The molecule has 0 aromatic carbocycles. The van der Waals surface area contributed by atoms with Crippen LogP contribution >= 0.6 is 0 Å². The highest BCUT2D eigenvalue weighted by atomic mass is 32.3. The van der Waals surface area contributed by atoms with E-state index in [4.69, 9.17) is 37.9 Å². The SMILES string of the molecule is O=C(O)C[NH+]1CCC(C(=O)O)CC1.O=C(O)C[NH+]1CCC(C(=O)O)CC1.O=S(=O)([O-])[O-]. The second kappa shape index (κ2) is 13.9. The summed E-state index contributed by atoms with van der Waals surface area (Å²) in [5.74, 6) is -3.67. The van der Waals surface area contributed by atoms with Crippen molar-refractivity contribution in [1.29, 1.82) is 0 Å². The molecule has 2 saturated heterocycles. The van der Waals surface area contributed by atoms with Crippen molar-refractivity contribution < 1.29 is 66.9 Å². The Hall–Kier alpha value is -2.33. The monoisotopic (exact) mass is 472 g/mol. The molecular formula is C16H28N2O12S. The van der Waals surface area contributed by atoms with E-state index in [-0.39, 0.29) is 24.9 Å². The molecule has 0 saturated carbocycles. The zero-order valence-corrected chi connectivity index (χ0v) is 17.5. The van der Waals surface area contributed by atoms with Crippen molar-refractivity contribution in [2.24, 2.45) is 11.8 Å². The quantitative estimate of drug-likeness (QED) is 0.158. The highest BCUT2D eigenvalue weighted by Gasteiger charge is 2.28. The van der Waals surface area contributed by atoms with E-state index in [1.807, 2.05) is 0 Å². The van der Waals surface area contributed by atoms with Crippen molar-refractivity contribution in [2.75, 3.05) is 39.3 Å². The van der Waals surface area contributed by atoms with Crippen molar-refractivity contribution in [1.82, 2.24) is 0 Å². The van der Waals surface area contributed by atoms with Crippen LogP contribution in [0.2, 0.25) is 0 Å². The molecule has 6 N–H and O–H groups in total. The minimum Gasteiger partial charge on any atom is -0.759 e. The lowest BCUT2D eigenvalue weighted by Crippen LogP contribution is -3.14. The molecule has 0 aromatic rings. The number of rotatable bonds is 6. The highest BCUT2D eigenvalue weighted by Crippen LogP contribution is 2.09. The molecule has 15 heteroatoms. The molecule has 0 unspecified atom stereocenters. The van der Waals surface area contributed by atoms with Gasteiger partial charge in [-0.15, -0.1) is 0 Å². The number of carboxylic acid groups (broad SMARTS) is 4. The summed E-state index contributed by atoms with van der Waals surface area (Å²) in [6.07, 6.45) is 2.38. The number of carbonyl (C=O) groups is 4. The molecule has 2 fully saturated rings. The van der Waals surface area contributed by atoms with Crippen LogP contribution in [0.25, 0.3) is 0 Å². The molecule has 14 nitrogen and oxygen atoms in total. The van der Waals surface area contributed by atoms with E-state index in [9.17, 15) is 19.2 Å². The first-order valence-corrected chi connectivity index (χ1v) is 10.7. The summed E-state index contributed by atoms with van der Waals surface area (Å²) in [5.41, 5.74) is 0. The standard InChI is InChI=1S/2C8H13NO4.H2O4S/c2*10-7(11)5-9-3-1-6(2-4-9)8(12)13;1-5(2,3)4/h2*6H,1-5H2,(H,10,11)(H,12,13);(H2,1,2,3,4). The molecule has 2 heterocycles. The minimum absolute atomic E-state index is 0.104. The van der Waals surface area contributed by atoms with Gasteiger partial charge in [-0.05, 0) is 0 Å². The Morgan fingerprint density at radius 1 is 0.677 bits per heavy atom. The van der Waals surface area contributed by atoms with E-state index in [0.29, 0.717) is 51.9 Å². The summed E-state index contributed by atoms with van der Waals surface area (Å²) in [7, 11) is -5.17. The fourth-order valence-corrected chi connectivity index (χ4v) is 3.33. The highest BCUT2D eigenvalue weighted by molar-refractivity contribution is 7.79. The molecule has 0 amide bonds. The lowest BCUT2D eigenvalue weighted by Gasteiger charge is -2.25. The van der Waals surface area contributed by atoms with Crippen LogP contribution < -0.4 is 9.80 Å². The molecule has 0 spiro atoms. The molecule has 2 aliphatic heterocycles. The van der Waals surface area contributed by atoms with E-state index in [1.54, 1.807) is 0 Å². The molecule has 0 aliphatic carbocycles. The first-order valence-electron chi connectivity index (χ1n) is 9.42. The maximum atomic E-state index is 10.6. The summed E-state index contributed by atoms with van der Waals surface area (Å²) >= 11 is 0. The Labute approximate surface area is 178 Å². The minimum atomic E-state index is -5.17. The average Bonchev–Trinajstić information content (AvgIpc) is 2.60. The molecular weight excluding hydrogens is 444 g/mol. The predicted molar refractivity (Wildman–Crippen MR) is 97.6 cm³/mol. The summed E-state index contributed by atoms with van der Waals surface area (Å²) in [6, 6.07) is 0. The van der Waals surface area contributed by atoms with Gasteiger partial charge in [0.15, 0.2) is 13.1 Å². The maximum Gasteiger partial charge on any atom is 0.359 e. The zero-order chi connectivity index (χ0) is 24.2. The van der Waals surface area contributed by atoms with Gasteiger partial charge in [-0.2, -0.15) is 0 Å². The first-order chi connectivity index (χ1) is 14.2. The van der Waals surface area contributed by atoms with Gasteiger partial charge in [0.25, 0.3) is 0 Å². The van der Waals surface area contributed by atoms with E-state index >= 15 is 0 Å². The molecule has 2 aliphatic rings. The summed E-state index contributed by atoms with van der Waals surface area (Å²) < 4.78 is 34.1. The molecule has 180 valence electrons. The number of quaternary nitrogens is 2. The van der Waals surface area contributed by atoms with Crippen LogP contribution in [0.1, 0.15) is 25.7 Å². The van der Waals surface area contributed by atoms with Gasteiger partial charge in [-0.25, -0.2) is 9.59 Å². The lowest BCUT2D eigenvalue weighted by atomic mass is 9.97. The largest absolute Gasteiger partial charge is 0.759 e. The number of hydrogen-bond acceptors (Lipinski definition) is 8. The summed E-state index contributed by atoms with van der Waals surface area (Å²) in [5, 5.41) is 34.4. The van der Waals surface area contributed by atoms with Crippen molar-refractivity contribution in [3.63, 3.8) is 0 Å². The average molecular weight is 472 g/mol. The van der Waals surface area contributed by atoms with Crippen molar-refractivity contribution in [3.05, 3.63) is 0 Å². The van der Waals surface area contributed by atoms with Crippen LogP contribution in [0.3, 0.4) is 0 Å². The van der Waals surface area contributed by atoms with E-state index in [0.717, 1.165) is 9.80 Å². The van der Waals surface area contributed by atoms with Crippen LogP contribution in [-0.2, 0) is 29.6 Å². The van der Waals surface area contributed by atoms with Crippen molar-refractivity contribution in [3.8, 4) is 0 Å². The third-order valence-electron chi connectivity index (χ3n) is 4.89. The van der Waals surface area contributed by atoms with Crippen LogP contribution in [0.5, 0.6) is 0 Å². The Kier molecular flexibility index (Phi) is 12.8. The second-order valence-electron chi connectivity index (χ2n) is 7.27. The summed E-state index contributed by atoms with van der Waals surface area (Å²) in [4.78, 5) is 43.8. The van der Waals surface area contributed by atoms with Gasteiger partial charge in [-0.3, -0.25) is 18.0 Å². The Bertz CT molecular complexity index is 656. The van der Waals surface area contributed by atoms with Gasteiger partial charge in [0.2, 0.25) is 0 Å². The van der Waals surface area contributed by atoms with Crippen LogP contribution in [-0.4, -0.2) is 101 Å². The van der Waals surface area contributed by atoms with Crippen molar-refractivity contribution >= 4 is 34.3 Å².